The van der Waals surface area contributed by atoms with Crippen molar-refractivity contribution in [3.05, 3.63) is 78.2 Å². The zero-order chi connectivity index (χ0) is 15.1. The lowest BCUT2D eigenvalue weighted by atomic mass is 10.1. The first-order valence-corrected chi connectivity index (χ1v) is 6.69. The predicted octanol–water partition coefficient (Wildman–Crippen LogP) is 3.74. The lowest BCUT2D eigenvalue weighted by Gasteiger charge is -2.11. The monoisotopic (exact) mass is 281 g/mol. The van der Waals surface area contributed by atoms with Gasteiger partial charge < -0.3 is 9.84 Å². The van der Waals surface area contributed by atoms with E-state index in [0.29, 0.717) is 13.0 Å². The Kier molecular flexibility index (Phi) is 5.16. The summed E-state index contributed by atoms with van der Waals surface area (Å²) in [5.41, 5.74) is 2.88. The number of hydrogen-bond donors (Lipinski definition) is 1. The fourth-order valence-electron chi connectivity index (χ4n) is 1.94. The second kappa shape index (κ2) is 7.29. The minimum absolute atomic E-state index is 0.498. The molecule has 0 aliphatic heterocycles. The van der Waals surface area contributed by atoms with Gasteiger partial charge in [0, 0.05) is 6.08 Å². The highest BCUT2D eigenvalue weighted by molar-refractivity contribution is 5.85. The van der Waals surface area contributed by atoms with Gasteiger partial charge in [-0.2, -0.15) is 0 Å². The fraction of sp³-hybridized carbons (Fsp3) is 0.111. The molecule has 1 N–H and O–H groups in total. The number of carboxylic acid groups (broad SMARTS) is 1. The first-order valence-electron chi connectivity index (χ1n) is 6.69. The van der Waals surface area contributed by atoms with Crippen LogP contribution in [0.5, 0.6) is 5.75 Å². The number of rotatable bonds is 6. The van der Waals surface area contributed by atoms with Crippen LogP contribution in [0.15, 0.2) is 54.6 Å². The van der Waals surface area contributed by atoms with E-state index in [4.69, 9.17) is 9.84 Å². The third-order valence-electron chi connectivity index (χ3n) is 3.01. The van der Waals surface area contributed by atoms with Gasteiger partial charge in [-0.15, -0.1) is 0 Å². The Morgan fingerprint density at radius 1 is 1.19 bits per heavy atom. The van der Waals surface area contributed by atoms with Crippen molar-refractivity contribution in [3.8, 4) is 5.75 Å². The van der Waals surface area contributed by atoms with Gasteiger partial charge in [0.15, 0.2) is 0 Å². The lowest BCUT2D eigenvalue weighted by Crippen LogP contribution is -1.98. The van der Waals surface area contributed by atoms with E-state index >= 15 is 0 Å². The minimum atomic E-state index is -0.962. The molecular weight excluding hydrogens is 264 g/mol. The van der Waals surface area contributed by atoms with Gasteiger partial charge in [0.2, 0.25) is 0 Å². The Bertz CT molecular complexity index is 630. The van der Waals surface area contributed by atoms with Crippen LogP contribution < -0.4 is 4.74 Å². The van der Waals surface area contributed by atoms with Gasteiger partial charge >= 0.3 is 5.97 Å². The van der Waals surface area contributed by atoms with Crippen molar-refractivity contribution in [2.24, 2.45) is 0 Å². The van der Waals surface area contributed by atoms with Crippen molar-refractivity contribution in [2.75, 3.05) is 0 Å². The molecule has 0 aliphatic carbocycles. The number of hydrogen-bond acceptors (Lipinski definition) is 2. The molecule has 0 unspecified atom stereocenters. The van der Waals surface area contributed by atoms with Crippen LogP contribution in [0.2, 0.25) is 0 Å². The average Bonchev–Trinajstić information content (AvgIpc) is 2.52. The molecule has 0 aromatic heterocycles. The first kappa shape index (κ1) is 14.9. The average molecular weight is 281 g/mol. The summed E-state index contributed by atoms with van der Waals surface area (Å²) in [7, 11) is 0. The highest BCUT2D eigenvalue weighted by Gasteiger charge is 2.03. The molecule has 2 aromatic rings. The quantitative estimate of drug-likeness (QED) is 0.820. The van der Waals surface area contributed by atoms with E-state index in [2.05, 4.69) is 6.92 Å². The Morgan fingerprint density at radius 2 is 1.95 bits per heavy atom. The molecule has 0 fully saturated rings. The summed E-state index contributed by atoms with van der Waals surface area (Å²) < 4.78 is 5.81. The maximum absolute atomic E-state index is 10.5. The summed E-state index contributed by atoms with van der Waals surface area (Å²) in [6, 6.07) is 15.5. The summed E-state index contributed by atoms with van der Waals surface area (Å²) in [5.74, 6) is -0.183. The summed E-state index contributed by atoms with van der Waals surface area (Å²) in [4.78, 5) is 10.5. The van der Waals surface area contributed by atoms with E-state index in [9.17, 15) is 4.79 Å². The van der Waals surface area contributed by atoms with Crippen molar-refractivity contribution in [2.45, 2.75) is 13.0 Å². The minimum Gasteiger partial charge on any atom is -0.489 e. The Balaban J connectivity index is 2.11. The topological polar surface area (TPSA) is 46.5 Å². The molecule has 3 nitrogen and oxygen atoms in total. The normalized spacial score (nSPS) is 10.7. The molecule has 0 spiro atoms. The van der Waals surface area contributed by atoms with Crippen LogP contribution in [0.1, 0.15) is 16.7 Å². The Morgan fingerprint density at radius 3 is 2.62 bits per heavy atom. The van der Waals surface area contributed by atoms with E-state index in [-0.39, 0.29) is 0 Å². The first-order chi connectivity index (χ1) is 10.2. The largest absolute Gasteiger partial charge is 0.489 e. The van der Waals surface area contributed by atoms with Crippen LogP contribution in [0.4, 0.5) is 0 Å². The van der Waals surface area contributed by atoms with E-state index in [1.54, 1.807) is 6.08 Å². The number of carboxylic acids is 1. The van der Waals surface area contributed by atoms with Crippen molar-refractivity contribution < 1.29 is 14.6 Å². The molecule has 2 aromatic carbocycles. The summed E-state index contributed by atoms with van der Waals surface area (Å²) in [5, 5.41) is 8.64. The van der Waals surface area contributed by atoms with Crippen molar-refractivity contribution in [1.82, 2.24) is 0 Å². The van der Waals surface area contributed by atoms with Gasteiger partial charge in [0.25, 0.3) is 0 Å². The molecule has 107 valence electrons. The van der Waals surface area contributed by atoms with E-state index in [1.807, 2.05) is 48.5 Å². The van der Waals surface area contributed by atoms with Crippen LogP contribution in [0.3, 0.4) is 0 Å². The van der Waals surface area contributed by atoms with Gasteiger partial charge in [-0.05, 0) is 48.2 Å². The van der Waals surface area contributed by atoms with Crippen LogP contribution in [0.25, 0.3) is 6.08 Å². The molecule has 0 bridgehead atoms. The molecule has 0 amide bonds. The summed E-state index contributed by atoms with van der Waals surface area (Å²) in [6.45, 7) is 4.39. The predicted molar refractivity (Wildman–Crippen MR) is 82.9 cm³/mol. The molecule has 21 heavy (non-hydrogen) atoms. The SMILES string of the molecule is [CH2]Cc1cc(/C=C/C(=O)O)ccc1OCc1ccccc1. The third kappa shape index (κ3) is 4.49. The Labute approximate surface area is 124 Å². The molecule has 0 aliphatic rings. The van der Waals surface area contributed by atoms with Crippen molar-refractivity contribution in [3.63, 3.8) is 0 Å². The highest BCUT2D eigenvalue weighted by atomic mass is 16.5. The molecule has 0 atom stereocenters. The second-order valence-electron chi connectivity index (χ2n) is 4.56. The second-order valence-corrected chi connectivity index (χ2v) is 4.56. The Hall–Kier alpha value is -2.55. The van der Waals surface area contributed by atoms with Crippen LogP contribution in [-0.4, -0.2) is 11.1 Å². The van der Waals surface area contributed by atoms with Gasteiger partial charge in [-0.3, -0.25) is 0 Å². The molecule has 3 heteroatoms. The van der Waals surface area contributed by atoms with Crippen LogP contribution in [-0.2, 0) is 17.8 Å². The number of aliphatic carboxylic acids is 1. The molecule has 0 saturated carbocycles. The molecule has 2 rings (SSSR count). The number of benzene rings is 2. The van der Waals surface area contributed by atoms with Crippen LogP contribution in [0, 0.1) is 6.92 Å². The van der Waals surface area contributed by atoms with E-state index in [0.717, 1.165) is 28.5 Å². The molecule has 1 radical (unpaired) electrons. The number of ether oxygens (including phenoxy) is 1. The fourth-order valence-corrected chi connectivity index (χ4v) is 1.94. The maximum Gasteiger partial charge on any atom is 0.328 e. The van der Waals surface area contributed by atoms with Crippen LogP contribution >= 0.6 is 0 Å². The van der Waals surface area contributed by atoms with E-state index < -0.39 is 5.97 Å². The van der Waals surface area contributed by atoms with Gasteiger partial charge in [-0.25, -0.2) is 4.79 Å². The summed E-state index contributed by atoms with van der Waals surface area (Å²) in [6.07, 6.45) is 3.26. The summed E-state index contributed by atoms with van der Waals surface area (Å²) >= 11 is 0. The molecule has 0 saturated heterocycles. The van der Waals surface area contributed by atoms with Gasteiger partial charge in [-0.1, -0.05) is 36.4 Å². The zero-order valence-corrected chi connectivity index (χ0v) is 11.7. The third-order valence-corrected chi connectivity index (χ3v) is 3.01. The van der Waals surface area contributed by atoms with E-state index in [1.165, 1.54) is 0 Å². The van der Waals surface area contributed by atoms with Gasteiger partial charge in [0.1, 0.15) is 12.4 Å². The zero-order valence-electron chi connectivity index (χ0n) is 11.7. The molecular formula is C18H17O3. The van der Waals surface area contributed by atoms with Crippen molar-refractivity contribution in [1.29, 1.82) is 0 Å². The molecule has 0 heterocycles. The smallest absolute Gasteiger partial charge is 0.328 e. The van der Waals surface area contributed by atoms with Crippen molar-refractivity contribution >= 4 is 12.0 Å². The standard InChI is InChI=1S/C18H17O3/c1-2-16-12-14(9-11-18(19)20)8-10-17(16)21-13-15-6-4-3-5-7-15/h3-12H,1-2,13H2,(H,19,20)/b11-9+. The lowest BCUT2D eigenvalue weighted by molar-refractivity contribution is -0.131. The highest BCUT2D eigenvalue weighted by Crippen LogP contribution is 2.22. The van der Waals surface area contributed by atoms with Gasteiger partial charge in [0.05, 0.1) is 0 Å². The number of carbonyl (C=O) groups is 1. The maximum atomic E-state index is 10.5.